The van der Waals surface area contributed by atoms with E-state index in [2.05, 4.69) is 60.5 Å². The second-order valence-electron chi connectivity index (χ2n) is 16.8. The maximum atomic E-state index is 14.2. The molecule has 2 saturated heterocycles. The lowest BCUT2D eigenvalue weighted by Crippen LogP contribution is -2.52. The first-order valence-electron chi connectivity index (χ1n) is 23.5. The summed E-state index contributed by atoms with van der Waals surface area (Å²) in [7, 11) is 0. The molecule has 0 spiro atoms. The van der Waals surface area contributed by atoms with Crippen LogP contribution < -0.4 is 32.3 Å². The van der Waals surface area contributed by atoms with Gasteiger partial charge in [0.1, 0.15) is 18.7 Å². The number of nitrogens with zero attached hydrogens (tertiary/aromatic N) is 14. The highest BCUT2D eigenvalue weighted by atomic mass is 16.5. The molecule has 1 unspecified atom stereocenters. The molecule has 3 aromatic heterocycles. The van der Waals surface area contributed by atoms with Crippen molar-refractivity contribution in [2.45, 2.75) is 83.9 Å². The van der Waals surface area contributed by atoms with Gasteiger partial charge in [0.25, 0.3) is 0 Å². The monoisotopic (exact) mass is 937 g/mol. The number of aromatic nitrogens is 9. The summed E-state index contributed by atoms with van der Waals surface area (Å²) in [4.78, 5) is 54.8. The smallest absolute Gasteiger partial charge is 0.247 e. The summed E-state index contributed by atoms with van der Waals surface area (Å²) in [5, 5.41) is 30.4. The van der Waals surface area contributed by atoms with Gasteiger partial charge in [-0.1, -0.05) is 36.6 Å². The summed E-state index contributed by atoms with van der Waals surface area (Å²) >= 11 is 0. The number of carbonyl (C=O) groups is 2. The van der Waals surface area contributed by atoms with E-state index in [9.17, 15) is 14.7 Å². The predicted octanol–water partition coefficient (Wildman–Crippen LogP) is -0.766. The number of rotatable bonds is 29. The van der Waals surface area contributed by atoms with E-state index in [1.54, 1.807) is 22.5 Å². The van der Waals surface area contributed by atoms with Crippen molar-refractivity contribution < 1.29 is 28.9 Å². The number of piperazine rings is 2. The number of aliphatic hydroxyl groups is 1. The van der Waals surface area contributed by atoms with Crippen LogP contribution in [0.4, 0.5) is 17.8 Å². The first kappa shape index (κ1) is 52.2. The molecule has 0 bridgehead atoms. The number of nitrogens with two attached hydrogens (primary N) is 3. The minimum Gasteiger partial charge on any atom is -0.393 e. The van der Waals surface area contributed by atoms with Crippen LogP contribution in [0.5, 0.6) is 0 Å². The second-order valence-corrected chi connectivity index (χ2v) is 16.8. The Morgan fingerprint density at radius 3 is 2.03 bits per heavy atom. The highest BCUT2D eigenvalue weighted by Crippen LogP contribution is 2.26. The Hall–Kier alpha value is -5.74. The third kappa shape index (κ3) is 16.5. The summed E-state index contributed by atoms with van der Waals surface area (Å²) < 4.78 is 19.8. The normalized spacial score (nSPS) is 16.1. The lowest BCUT2D eigenvalue weighted by Gasteiger charge is -2.38. The van der Waals surface area contributed by atoms with Gasteiger partial charge in [-0.15, -0.1) is 16.6 Å². The lowest BCUT2D eigenvalue weighted by molar-refractivity contribution is -0.137. The molecule has 24 heteroatoms. The van der Waals surface area contributed by atoms with Crippen molar-refractivity contribution in [1.29, 1.82) is 0 Å². The Balaban J connectivity index is 1.24. The fourth-order valence-electron chi connectivity index (χ4n) is 7.76. The molecule has 67 heavy (non-hydrogen) atoms. The van der Waals surface area contributed by atoms with Crippen molar-refractivity contribution in [3.8, 4) is 12.3 Å². The van der Waals surface area contributed by atoms with Crippen molar-refractivity contribution in [1.82, 2.24) is 54.7 Å². The summed E-state index contributed by atoms with van der Waals surface area (Å²) in [5.41, 5.74) is 18.1. The number of nitrogens with one attached hydrogen (secondary N) is 1. The zero-order valence-corrected chi connectivity index (χ0v) is 39.5. The van der Waals surface area contributed by atoms with E-state index in [4.69, 9.17) is 52.8 Å². The quantitative estimate of drug-likeness (QED) is 0.0247. The van der Waals surface area contributed by atoms with Gasteiger partial charge < -0.3 is 61.4 Å². The van der Waals surface area contributed by atoms with Crippen molar-refractivity contribution in [2.75, 3.05) is 127 Å². The van der Waals surface area contributed by atoms with Gasteiger partial charge in [0.05, 0.1) is 50.5 Å². The fraction of sp³-hybridized carbons (Fsp3) is 0.721. The molecule has 0 radical (unpaired) electrons. The molecule has 3 aromatic rings. The van der Waals surface area contributed by atoms with Gasteiger partial charge in [0, 0.05) is 84.3 Å². The molecule has 2 aliphatic rings. The van der Waals surface area contributed by atoms with Gasteiger partial charge in [-0.25, -0.2) is 9.36 Å². The number of aliphatic hydroxyl groups excluding tert-OH is 1. The van der Waals surface area contributed by atoms with Crippen molar-refractivity contribution in [2.24, 2.45) is 28.1 Å². The summed E-state index contributed by atoms with van der Waals surface area (Å²) in [6.45, 7) is 13.4. The molecule has 0 aliphatic carbocycles. The van der Waals surface area contributed by atoms with Crippen LogP contribution in [-0.2, 0) is 36.6 Å². The van der Waals surface area contributed by atoms with Crippen LogP contribution in [-0.4, -0.2) is 195 Å². The molecule has 370 valence electrons. The van der Waals surface area contributed by atoms with Crippen molar-refractivity contribution in [3.63, 3.8) is 0 Å². The maximum absolute atomic E-state index is 14.2. The number of carbonyl (C=O) groups excluding carboxylic acids is 2. The van der Waals surface area contributed by atoms with E-state index in [1.165, 1.54) is 0 Å². The van der Waals surface area contributed by atoms with Gasteiger partial charge in [-0.05, 0) is 51.5 Å². The van der Waals surface area contributed by atoms with Crippen LogP contribution in [0, 0.1) is 18.3 Å². The lowest BCUT2D eigenvalue weighted by atomic mass is 9.97. The van der Waals surface area contributed by atoms with E-state index < -0.39 is 18.2 Å². The van der Waals surface area contributed by atoms with Gasteiger partial charge in [0.2, 0.25) is 29.7 Å². The molecule has 24 nitrogen and oxygen atoms in total. The van der Waals surface area contributed by atoms with Crippen LogP contribution in [0.1, 0.15) is 76.3 Å². The van der Waals surface area contributed by atoms with Crippen LogP contribution in [0.15, 0.2) is 17.4 Å². The molecular formula is C43H72N18O6. The molecule has 0 saturated carbocycles. The number of terminal acetylenes is 1. The maximum Gasteiger partial charge on any atom is 0.247 e. The number of aryl methyl sites for hydroxylation is 1. The first-order chi connectivity index (χ1) is 32.5. The highest BCUT2D eigenvalue weighted by Gasteiger charge is 2.35. The molecule has 2 amide bonds. The Morgan fingerprint density at radius 1 is 0.821 bits per heavy atom. The number of anilines is 3. The number of hydrogen-bond donors (Lipinski definition) is 5. The third-order valence-electron chi connectivity index (χ3n) is 11.6. The molecule has 5 heterocycles. The number of ether oxygens (including phenoxy) is 3. The molecule has 5 rings (SSSR count). The van der Waals surface area contributed by atoms with Crippen LogP contribution in [0.25, 0.3) is 0 Å². The summed E-state index contributed by atoms with van der Waals surface area (Å²) in [5.74, 6) is 3.80. The SMILES string of the molecule is C#CCOCCOCCOCCNc1nc(N2CCN(C(=O)[C@H]([C@@H](C)CC)n3cc(CCCN=C(N)N)nn3)CC2)nc(N2CCN(C(=O)[C@H](CCCCN)n3cc(CC(C)O)nn3)CC2)n1. The standard InChI is InChI=1S/C43H72N18O6/c1-5-23-65-25-27-67-28-26-66-24-14-48-41-49-42(58-19-15-56(16-20-58)38(63)36(11-7-8-12-44)60-31-35(53-54-60)29-33(4)62)51-43(50-41)59-21-17-57(18-22-59)39(64)37(32(3)6-2)61-30-34(52-55-61)10-9-13-47-40(45)46/h1,30-33,36-37,62H,6-29,44H2,2-4H3,(H4,45,46,47)(H,48,49,50,51)/t32-,33?,36-,37-/m0/s1. The number of aliphatic imine (C=N–C) groups is 1. The molecule has 8 N–H and O–H groups in total. The van der Waals surface area contributed by atoms with Crippen LogP contribution in [0.2, 0.25) is 0 Å². The fourth-order valence-corrected chi connectivity index (χ4v) is 7.76. The van der Waals surface area contributed by atoms with Gasteiger partial charge in [-0.2, -0.15) is 15.0 Å². The average molecular weight is 937 g/mol. The zero-order valence-electron chi connectivity index (χ0n) is 39.5. The molecular weight excluding hydrogens is 865 g/mol. The summed E-state index contributed by atoms with van der Waals surface area (Å²) in [6, 6.07) is -1.05. The van der Waals surface area contributed by atoms with Crippen LogP contribution in [0.3, 0.4) is 0 Å². The Morgan fingerprint density at radius 2 is 1.42 bits per heavy atom. The average Bonchev–Trinajstić information content (AvgIpc) is 4.00. The van der Waals surface area contributed by atoms with E-state index in [-0.39, 0.29) is 30.3 Å². The second kappa shape index (κ2) is 27.8. The molecule has 2 aliphatic heterocycles. The van der Waals surface area contributed by atoms with E-state index in [1.807, 2.05) is 16.0 Å². The van der Waals surface area contributed by atoms with Gasteiger partial charge >= 0.3 is 0 Å². The molecule has 0 aromatic carbocycles. The number of amides is 2. The zero-order chi connectivity index (χ0) is 48.0. The third-order valence-corrected chi connectivity index (χ3v) is 11.6. The first-order valence-corrected chi connectivity index (χ1v) is 23.5. The Kier molecular flexibility index (Phi) is 21.7. The minimum absolute atomic E-state index is 0.00895. The Bertz CT molecular complexity index is 2000. The van der Waals surface area contributed by atoms with E-state index >= 15 is 0 Å². The van der Waals surface area contributed by atoms with E-state index in [0.29, 0.717) is 154 Å². The van der Waals surface area contributed by atoms with Crippen molar-refractivity contribution in [3.05, 3.63) is 23.8 Å². The highest BCUT2D eigenvalue weighted by molar-refractivity contribution is 5.81. The topological polar surface area (TPSA) is 298 Å². The van der Waals surface area contributed by atoms with Crippen molar-refractivity contribution >= 4 is 35.6 Å². The minimum atomic E-state index is -0.576. The number of hydrogen-bond acceptors (Lipinski definition) is 18. The summed E-state index contributed by atoms with van der Waals surface area (Å²) in [6.07, 6.45) is 12.8. The number of unbranched alkanes of at least 4 members (excludes halogenated alkanes) is 1. The largest absolute Gasteiger partial charge is 0.393 e. The number of guanidine groups is 1. The molecule has 4 atom stereocenters. The predicted molar refractivity (Wildman–Crippen MR) is 252 cm³/mol. The van der Waals surface area contributed by atoms with E-state index in [0.717, 1.165) is 25.0 Å². The van der Waals surface area contributed by atoms with Crippen LogP contribution >= 0.6 is 0 Å². The molecule has 2 fully saturated rings. The van der Waals surface area contributed by atoms with Gasteiger partial charge in [0.15, 0.2) is 5.96 Å². The Labute approximate surface area is 393 Å². The van der Waals surface area contributed by atoms with Gasteiger partial charge in [-0.3, -0.25) is 14.6 Å².